The van der Waals surface area contributed by atoms with Crippen molar-refractivity contribution in [3.05, 3.63) is 24.0 Å². The Morgan fingerprint density at radius 1 is 1.18 bits per heavy atom. The normalized spacial score (nSPS) is 17.2. The Balaban J connectivity index is 2.31. The molecule has 2 rings (SSSR count). The zero-order chi connectivity index (χ0) is 12.5. The van der Waals surface area contributed by atoms with Crippen molar-refractivity contribution in [1.82, 2.24) is 0 Å². The molecule has 0 N–H and O–H groups in total. The number of hydrogen-bond acceptors (Lipinski definition) is 3. The molecule has 0 radical (unpaired) electrons. The molecule has 17 heavy (non-hydrogen) atoms. The lowest BCUT2D eigenvalue weighted by Gasteiger charge is -2.29. The summed E-state index contributed by atoms with van der Waals surface area (Å²) in [6.45, 7) is 1.62. The molecule has 0 atom stereocenters. The van der Waals surface area contributed by atoms with Crippen LogP contribution in [0.5, 0.6) is 0 Å². The van der Waals surface area contributed by atoms with E-state index in [1.807, 2.05) is 4.90 Å². The lowest BCUT2D eigenvalue weighted by atomic mass is 10.1. The number of piperidine rings is 1. The summed E-state index contributed by atoms with van der Waals surface area (Å²) in [6, 6.07) is 3.80. The summed E-state index contributed by atoms with van der Waals surface area (Å²) >= 11 is 0. The summed E-state index contributed by atoms with van der Waals surface area (Å²) in [4.78, 5) is 1.74. The standard InChI is InChI=1S/C11H13ClFNO2S/c12-17(15,16)9-4-5-11(10(13)8-9)14-6-2-1-3-7-14/h4-5,8H,1-3,6-7H2. The highest BCUT2D eigenvalue weighted by Gasteiger charge is 2.18. The summed E-state index contributed by atoms with van der Waals surface area (Å²) < 4.78 is 35.9. The third-order valence-electron chi connectivity index (χ3n) is 2.90. The van der Waals surface area contributed by atoms with Crippen molar-refractivity contribution in [2.45, 2.75) is 24.2 Å². The van der Waals surface area contributed by atoms with Crippen LogP contribution in [0.15, 0.2) is 23.1 Å². The van der Waals surface area contributed by atoms with Crippen LogP contribution in [0.1, 0.15) is 19.3 Å². The minimum atomic E-state index is -3.86. The Kier molecular flexibility index (Phi) is 3.58. The Bertz CT molecular complexity index is 512. The van der Waals surface area contributed by atoms with Crippen molar-refractivity contribution in [1.29, 1.82) is 0 Å². The second-order valence-electron chi connectivity index (χ2n) is 4.10. The molecule has 0 saturated carbocycles. The van der Waals surface area contributed by atoms with Gasteiger partial charge in [-0.05, 0) is 37.5 Å². The summed E-state index contributed by atoms with van der Waals surface area (Å²) in [5.41, 5.74) is 0.453. The van der Waals surface area contributed by atoms with E-state index < -0.39 is 14.9 Å². The molecule has 1 saturated heterocycles. The smallest absolute Gasteiger partial charge is 0.261 e. The molecule has 0 spiro atoms. The first-order chi connectivity index (χ1) is 7.98. The average Bonchev–Trinajstić information content (AvgIpc) is 2.29. The van der Waals surface area contributed by atoms with Crippen LogP contribution in [0.2, 0.25) is 0 Å². The second-order valence-corrected chi connectivity index (χ2v) is 6.66. The maximum absolute atomic E-state index is 13.8. The van der Waals surface area contributed by atoms with E-state index in [1.165, 1.54) is 12.1 Å². The second kappa shape index (κ2) is 4.82. The van der Waals surface area contributed by atoms with Crippen LogP contribution in [0, 0.1) is 5.82 Å². The van der Waals surface area contributed by atoms with E-state index in [0.717, 1.165) is 38.4 Å². The summed E-state index contributed by atoms with van der Waals surface area (Å²) in [5.74, 6) is -0.534. The van der Waals surface area contributed by atoms with E-state index in [-0.39, 0.29) is 4.90 Å². The molecular formula is C11H13ClFNO2S. The van der Waals surface area contributed by atoms with Gasteiger partial charge in [0.1, 0.15) is 5.82 Å². The highest BCUT2D eigenvalue weighted by atomic mass is 35.7. The maximum atomic E-state index is 13.8. The molecule has 1 aliphatic heterocycles. The van der Waals surface area contributed by atoms with Gasteiger partial charge in [-0.2, -0.15) is 0 Å². The topological polar surface area (TPSA) is 37.4 Å². The summed E-state index contributed by atoms with van der Waals surface area (Å²) in [5, 5.41) is 0. The molecule has 1 heterocycles. The summed E-state index contributed by atoms with van der Waals surface area (Å²) in [7, 11) is 1.30. The minimum Gasteiger partial charge on any atom is -0.369 e. The number of anilines is 1. The van der Waals surface area contributed by atoms with Crippen molar-refractivity contribution in [2.24, 2.45) is 0 Å². The molecule has 0 unspecified atom stereocenters. The molecule has 1 aromatic carbocycles. The fourth-order valence-electron chi connectivity index (χ4n) is 2.03. The van der Waals surface area contributed by atoms with Crippen molar-refractivity contribution >= 4 is 25.4 Å². The molecule has 3 nitrogen and oxygen atoms in total. The Morgan fingerprint density at radius 3 is 2.35 bits per heavy atom. The molecule has 1 aromatic rings. The van der Waals surface area contributed by atoms with Crippen molar-refractivity contribution < 1.29 is 12.8 Å². The third-order valence-corrected chi connectivity index (χ3v) is 4.25. The van der Waals surface area contributed by atoms with E-state index in [9.17, 15) is 12.8 Å². The summed E-state index contributed by atoms with van der Waals surface area (Å²) in [6.07, 6.45) is 3.23. The first-order valence-corrected chi connectivity index (χ1v) is 7.78. The van der Waals surface area contributed by atoms with Crippen LogP contribution in [0.4, 0.5) is 10.1 Å². The molecule has 6 heteroatoms. The van der Waals surface area contributed by atoms with Gasteiger partial charge in [-0.3, -0.25) is 0 Å². The molecule has 0 amide bonds. The number of nitrogens with zero attached hydrogens (tertiary/aromatic N) is 1. The van der Waals surface area contributed by atoms with Gasteiger partial charge < -0.3 is 4.90 Å². The van der Waals surface area contributed by atoms with Gasteiger partial charge in [0.2, 0.25) is 0 Å². The molecule has 1 fully saturated rings. The molecule has 94 valence electrons. The van der Waals surface area contributed by atoms with Gasteiger partial charge in [0.15, 0.2) is 0 Å². The SMILES string of the molecule is O=S(=O)(Cl)c1ccc(N2CCCCC2)c(F)c1. The zero-order valence-electron chi connectivity index (χ0n) is 9.20. The number of rotatable bonds is 2. The van der Waals surface area contributed by atoms with Gasteiger partial charge in [0.25, 0.3) is 9.05 Å². The monoisotopic (exact) mass is 277 g/mol. The van der Waals surface area contributed by atoms with E-state index in [2.05, 4.69) is 0 Å². The predicted molar refractivity (Wildman–Crippen MR) is 65.5 cm³/mol. The van der Waals surface area contributed by atoms with Crippen LogP contribution in [-0.2, 0) is 9.05 Å². The van der Waals surface area contributed by atoms with Gasteiger partial charge in [0, 0.05) is 23.8 Å². The Morgan fingerprint density at radius 2 is 1.82 bits per heavy atom. The average molecular weight is 278 g/mol. The fourth-order valence-corrected chi connectivity index (χ4v) is 2.79. The van der Waals surface area contributed by atoms with Gasteiger partial charge in [-0.25, -0.2) is 12.8 Å². The molecule has 0 aromatic heterocycles. The van der Waals surface area contributed by atoms with Crippen molar-refractivity contribution in [3.63, 3.8) is 0 Å². The molecule has 0 bridgehead atoms. The van der Waals surface area contributed by atoms with Crippen LogP contribution in [0.25, 0.3) is 0 Å². The quantitative estimate of drug-likeness (QED) is 0.780. The lowest BCUT2D eigenvalue weighted by Crippen LogP contribution is -2.30. The van der Waals surface area contributed by atoms with E-state index in [0.29, 0.717) is 5.69 Å². The Labute approximate surface area is 105 Å². The van der Waals surface area contributed by atoms with Crippen LogP contribution >= 0.6 is 10.7 Å². The molecular weight excluding hydrogens is 265 g/mol. The van der Waals surface area contributed by atoms with Crippen molar-refractivity contribution in [2.75, 3.05) is 18.0 Å². The number of hydrogen-bond donors (Lipinski definition) is 0. The highest BCUT2D eigenvalue weighted by Crippen LogP contribution is 2.26. The van der Waals surface area contributed by atoms with Crippen LogP contribution in [-0.4, -0.2) is 21.5 Å². The minimum absolute atomic E-state index is 0.197. The zero-order valence-corrected chi connectivity index (χ0v) is 10.8. The first kappa shape index (κ1) is 12.6. The van der Waals surface area contributed by atoms with Gasteiger partial charge in [0.05, 0.1) is 10.6 Å². The van der Waals surface area contributed by atoms with Gasteiger partial charge in [-0.15, -0.1) is 0 Å². The van der Waals surface area contributed by atoms with Crippen LogP contribution in [0.3, 0.4) is 0 Å². The van der Waals surface area contributed by atoms with Gasteiger partial charge >= 0.3 is 0 Å². The van der Waals surface area contributed by atoms with E-state index in [1.54, 1.807) is 0 Å². The third kappa shape index (κ3) is 2.90. The number of benzene rings is 1. The van der Waals surface area contributed by atoms with Crippen molar-refractivity contribution in [3.8, 4) is 0 Å². The fraction of sp³-hybridized carbons (Fsp3) is 0.455. The van der Waals surface area contributed by atoms with Gasteiger partial charge in [-0.1, -0.05) is 0 Å². The molecule has 1 aliphatic rings. The number of halogens is 2. The predicted octanol–water partition coefficient (Wildman–Crippen LogP) is 2.74. The Hall–Kier alpha value is -0.810. The first-order valence-electron chi connectivity index (χ1n) is 5.47. The highest BCUT2D eigenvalue weighted by molar-refractivity contribution is 8.13. The largest absolute Gasteiger partial charge is 0.369 e. The maximum Gasteiger partial charge on any atom is 0.261 e. The van der Waals surface area contributed by atoms with E-state index in [4.69, 9.17) is 10.7 Å². The van der Waals surface area contributed by atoms with E-state index >= 15 is 0 Å². The molecule has 0 aliphatic carbocycles. The lowest BCUT2D eigenvalue weighted by molar-refractivity contribution is 0.555. The van der Waals surface area contributed by atoms with Crippen LogP contribution < -0.4 is 4.90 Å².